The van der Waals surface area contributed by atoms with Crippen LogP contribution in [0.15, 0.2) is 12.3 Å². The van der Waals surface area contributed by atoms with Gasteiger partial charge in [-0.15, -0.1) is 0 Å². The zero-order chi connectivity index (χ0) is 7.11. The third-order valence-electron chi connectivity index (χ3n) is 0.445. The number of carbonyl (C=O) groups excluding carboxylic acids is 2. The SMILES string of the molecule is C/C=C\OC(=O)OC=O. The molecule has 0 bridgehead atoms. The van der Waals surface area contributed by atoms with Crippen molar-refractivity contribution >= 4 is 12.6 Å². The van der Waals surface area contributed by atoms with Gasteiger partial charge in [0, 0.05) is 0 Å². The Bertz CT molecular complexity index is 127. The van der Waals surface area contributed by atoms with Crippen LogP contribution in [0.25, 0.3) is 0 Å². The van der Waals surface area contributed by atoms with E-state index in [1.165, 1.54) is 6.08 Å². The van der Waals surface area contributed by atoms with Crippen LogP contribution >= 0.6 is 0 Å². The van der Waals surface area contributed by atoms with Crippen LogP contribution in [0.5, 0.6) is 0 Å². The molecule has 4 heteroatoms. The molecule has 0 saturated carbocycles. The number of carbonyl (C=O) groups is 2. The van der Waals surface area contributed by atoms with Crippen molar-refractivity contribution in [1.82, 2.24) is 0 Å². The topological polar surface area (TPSA) is 52.6 Å². The first kappa shape index (κ1) is 7.68. The van der Waals surface area contributed by atoms with Gasteiger partial charge >= 0.3 is 12.6 Å². The van der Waals surface area contributed by atoms with Crippen LogP contribution in [0.2, 0.25) is 0 Å². The van der Waals surface area contributed by atoms with Gasteiger partial charge in [0.25, 0.3) is 0 Å². The molecule has 0 spiro atoms. The summed E-state index contributed by atoms with van der Waals surface area (Å²) in [5.41, 5.74) is 0. The van der Waals surface area contributed by atoms with Gasteiger partial charge in [-0.2, -0.15) is 0 Å². The average Bonchev–Trinajstić information content (AvgIpc) is 1.85. The van der Waals surface area contributed by atoms with Gasteiger partial charge in [-0.05, 0) is 6.92 Å². The van der Waals surface area contributed by atoms with Crippen molar-refractivity contribution in [1.29, 1.82) is 0 Å². The van der Waals surface area contributed by atoms with Crippen molar-refractivity contribution in [2.75, 3.05) is 0 Å². The molecule has 0 atom stereocenters. The summed E-state index contributed by atoms with van der Waals surface area (Å²) in [5, 5.41) is 0. The Morgan fingerprint density at radius 1 is 1.44 bits per heavy atom. The van der Waals surface area contributed by atoms with E-state index in [-0.39, 0.29) is 6.47 Å². The summed E-state index contributed by atoms with van der Waals surface area (Å²) in [5.74, 6) is 0. The highest BCUT2D eigenvalue weighted by Gasteiger charge is 1.96. The van der Waals surface area contributed by atoms with Crippen LogP contribution in [0.1, 0.15) is 6.92 Å². The van der Waals surface area contributed by atoms with Gasteiger partial charge < -0.3 is 9.47 Å². The molecular formula is C5H6O4. The fourth-order valence-electron chi connectivity index (χ4n) is 0.191. The van der Waals surface area contributed by atoms with Crippen LogP contribution in [0, 0.1) is 0 Å². The maximum absolute atomic E-state index is 10.1. The van der Waals surface area contributed by atoms with Crippen molar-refractivity contribution < 1.29 is 19.1 Å². The summed E-state index contributed by atoms with van der Waals surface area (Å²) < 4.78 is 7.91. The normalized spacial score (nSPS) is 9.00. The first-order chi connectivity index (χ1) is 4.31. The molecule has 0 unspecified atom stereocenters. The van der Waals surface area contributed by atoms with E-state index >= 15 is 0 Å². The molecular weight excluding hydrogens is 124 g/mol. The summed E-state index contributed by atoms with van der Waals surface area (Å²) in [6.45, 7) is 1.67. The van der Waals surface area contributed by atoms with Gasteiger partial charge in [-0.25, -0.2) is 4.79 Å². The minimum absolute atomic E-state index is 0.00579. The van der Waals surface area contributed by atoms with Crippen molar-refractivity contribution in [2.24, 2.45) is 0 Å². The highest BCUT2D eigenvalue weighted by molar-refractivity contribution is 5.69. The first-order valence-electron chi connectivity index (χ1n) is 2.23. The van der Waals surface area contributed by atoms with Crippen LogP contribution in [0.4, 0.5) is 4.79 Å². The van der Waals surface area contributed by atoms with Crippen LogP contribution in [0.3, 0.4) is 0 Å². The van der Waals surface area contributed by atoms with Crippen molar-refractivity contribution in [2.45, 2.75) is 6.92 Å². The van der Waals surface area contributed by atoms with Crippen LogP contribution in [-0.2, 0) is 14.3 Å². The molecule has 0 aromatic heterocycles. The van der Waals surface area contributed by atoms with Gasteiger partial charge in [0.05, 0.1) is 6.26 Å². The highest BCUT2D eigenvalue weighted by Crippen LogP contribution is 1.82. The number of ether oxygens (including phenoxy) is 2. The van der Waals surface area contributed by atoms with E-state index in [0.717, 1.165) is 6.26 Å². The minimum atomic E-state index is -1.02. The number of hydrogen-bond donors (Lipinski definition) is 0. The largest absolute Gasteiger partial charge is 0.520 e. The molecule has 0 aliphatic heterocycles. The zero-order valence-corrected chi connectivity index (χ0v) is 4.87. The van der Waals surface area contributed by atoms with E-state index in [2.05, 4.69) is 9.47 Å². The monoisotopic (exact) mass is 130 g/mol. The van der Waals surface area contributed by atoms with Crippen molar-refractivity contribution in [3.05, 3.63) is 12.3 Å². The summed E-state index contributed by atoms with van der Waals surface area (Å²) in [6, 6.07) is 0. The van der Waals surface area contributed by atoms with E-state index in [1.54, 1.807) is 6.92 Å². The van der Waals surface area contributed by atoms with Crippen molar-refractivity contribution in [3.63, 3.8) is 0 Å². The second-order valence-corrected chi connectivity index (χ2v) is 1.05. The molecule has 0 radical (unpaired) electrons. The molecule has 0 aromatic carbocycles. The first-order valence-corrected chi connectivity index (χ1v) is 2.23. The maximum Gasteiger partial charge on any atom is 0.520 e. The quantitative estimate of drug-likeness (QED) is 0.240. The van der Waals surface area contributed by atoms with E-state index in [0.29, 0.717) is 0 Å². The van der Waals surface area contributed by atoms with Gasteiger partial charge in [-0.1, -0.05) is 6.08 Å². The molecule has 9 heavy (non-hydrogen) atoms. The Balaban J connectivity index is 3.38. The van der Waals surface area contributed by atoms with Gasteiger partial charge in [0.2, 0.25) is 0 Å². The zero-order valence-electron chi connectivity index (χ0n) is 4.87. The van der Waals surface area contributed by atoms with Crippen molar-refractivity contribution in [3.8, 4) is 0 Å². The molecule has 0 N–H and O–H groups in total. The smallest absolute Gasteiger partial charge is 0.403 e. The molecule has 0 aromatic rings. The van der Waals surface area contributed by atoms with E-state index in [9.17, 15) is 9.59 Å². The second kappa shape index (κ2) is 4.83. The molecule has 0 amide bonds. The Kier molecular flexibility index (Phi) is 4.12. The lowest BCUT2D eigenvalue weighted by atomic mass is 10.7. The van der Waals surface area contributed by atoms with E-state index in [1.807, 2.05) is 0 Å². The Morgan fingerprint density at radius 2 is 2.11 bits per heavy atom. The standard InChI is InChI=1S/C5H6O4/c1-2-3-8-5(7)9-4-6/h2-4H,1H3/b3-2-. The van der Waals surface area contributed by atoms with E-state index < -0.39 is 6.16 Å². The van der Waals surface area contributed by atoms with Crippen LogP contribution < -0.4 is 0 Å². The fraction of sp³-hybridized carbons (Fsp3) is 0.200. The molecule has 0 fully saturated rings. The molecule has 0 rings (SSSR count). The predicted octanol–water partition coefficient (Wildman–Crippen LogP) is 0.830. The molecule has 0 aliphatic rings. The minimum Gasteiger partial charge on any atom is -0.403 e. The molecule has 4 nitrogen and oxygen atoms in total. The fourth-order valence-corrected chi connectivity index (χ4v) is 0.191. The molecule has 50 valence electrons. The molecule has 0 saturated heterocycles. The second-order valence-electron chi connectivity index (χ2n) is 1.05. The molecule has 0 aliphatic carbocycles. The Labute approximate surface area is 52.1 Å². The summed E-state index contributed by atoms with van der Waals surface area (Å²) in [4.78, 5) is 19.5. The highest BCUT2D eigenvalue weighted by atomic mass is 16.7. The van der Waals surface area contributed by atoms with Gasteiger partial charge in [0.1, 0.15) is 0 Å². The maximum atomic E-state index is 10.1. The third kappa shape index (κ3) is 4.53. The number of rotatable bonds is 2. The summed E-state index contributed by atoms with van der Waals surface area (Å²) >= 11 is 0. The lowest BCUT2D eigenvalue weighted by Crippen LogP contribution is -2.00. The third-order valence-corrected chi connectivity index (χ3v) is 0.445. The lowest BCUT2D eigenvalue weighted by molar-refractivity contribution is -0.124. The predicted molar refractivity (Wildman–Crippen MR) is 28.4 cm³/mol. The molecule has 0 heterocycles. The Hall–Kier alpha value is -1.32. The number of allylic oxidation sites excluding steroid dienone is 1. The number of hydrogen-bond acceptors (Lipinski definition) is 4. The Morgan fingerprint density at radius 3 is 2.56 bits per heavy atom. The van der Waals surface area contributed by atoms with Crippen LogP contribution in [-0.4, -0.2) is 12.6 Å². The van der Waals surface area contributed by atoms with E-state index in [4.69, 9.17) is 0 Å². The van der Waals surface area contributed by atoms with Gasteiger partial charge in [0.15, 0.2) is 0 Å². The summed E-state index contributed by atoms with van der Waals surface area (Å²) in [7, 11) is 0. The summed E-state index contributed by atoms with van der Waals surface area (Å²) in [6.07, 6.45) is 1.58. The lowest BCUT2D eigenvalue weighted by Gasteiger charge is -1.90. The average molecular weight is 130 g/mol. The van der Waals surface area contributed by atoms with Gasteiger partial charge in [-0.3, -0.25) is 4.79 Å².